The van der Waals surface area contributed by atoms with E-state index in [2.05, 4.69) is 5.48 Å². The molecule has 0 spiro atoms. The molecule has 0 aliphatic heterocycles. The van der Waals surface area contributed by atoms with E-state index in [9.17, 15) is 4.79 Å². The van der Waals surface area contributed by atoms with E-state index in [1.54, 1.807) is 0 Å². The van der Waals surface area contributed by atoms with Crippen molar-refractivity contribution in [3.63, 3.8) is 0 Å². The van der Waals surface area contributed by atoms with Gasteiger partial charge < -0.3 is 10.5 Å². The molecule has 13 heavy (non-hydrogen) atoms. The second kappa shape index (κ2) is 5.16. The van der Waals surface area contributed by atoms with E-state index < -0.39 is 11.7 Å². The van der Waals surface area contributed by atoms with Crippen molar-refractivity contribution in [3.8, 4) is 0 Å². The van der Waals surface area contributed by atoms with Crippen LogP contribution in [-0.2, 0) is 14.4 Å². The Hall–Kier alpha value is -0.650. The average molecular weight is 190 g/mol. The van der Waals surface area contributed by atoms with Crippen molar-refractivity contribution in [1.82, 2.24) is 5.48 Å². The van der Waals surface area contributed by atoms with Gasteiger partial charge in [-0.2, -0.15) is 0 Å². The molecule has 5 heteroatoms. The zero-order valence-corrected chi connectivity index (χ0v) is 8.59. The number of amides is 1. The Morgan fingerprint density at radius 1 is 1.54 bits per heavy atom. The van der Waals surface area contributed by atoms with E-state index in [0.29, 0.717) is 0 Å². The summed E-state index contributed by atoms with van der Waals surface area (Å²) in [5.41, 5.74) is 7.15. The molecule has 0 heterocycles. The number of carbonyl (C=O) groups is 1. The Kier molecular flexibility index (Phi) is 4.90. The summed E-state index contributed by atoms with van der Waals surface area (Å²) in [5, 5.41) is 0. The third kappa shape index (κ3) is 5.57. The Morgan fingerprint density at radius 2 is 2.08 bits per heavy atom. The molecular weight excluding hydrogens is 172 g/mol. The van der Waals surface area contributed by atoms with Gasteiger partial charge in [0.2, 0.25) is 0 Å². The summed E-state index contributed by atoms with van der Waals surface area (Å²) in [6, 6.07) is 0. The molecule has 3 N–H and O–H groups in total. The fourth-order valence-corrected chi connectivity index (χ4v) is 0.579. The van der Waals surface area contributed by atoms with Gasteiger partial charge in [0.05, 0.1) is 5.60 Å². The highest BCUT2D eigenvalue weighted by atomic mass is 16.7. The van der Waals surface area contributed by atoms with Gasteiger partial charge in [-0.1, -0.05) is 0 Å². The van der Waals surface area contributed by atoms with Gasteiger partial charge in [-0.3, -0.25) is 9.63 Å². The van der Waals surface area contributed by atoms with Gasteiger partial charge in [0.25, 0.3) is 5.91 Å². The molecule has 0 saturated heterocycles. The van der Waals surface area contributed by atoms with Crippen LogP contribution in [0, 0.1) is 0 Å². The van der Waals surface area contributed by atoms with E-state index in [0.717, 1.165) is 0 Å². The van der Waals surface area contributed by atoms with E-state index in [1.165, 1.54) is 7.11 Å². The van der Waals surface area contributed by atoms with Gasteiger partial charge in [0, 0.05) is 13.7 Å². The minimum atomic E-state index is -0.651. The van der Waals surface area contributed by atoms with Crippen molar-refractivity contribution in [2.75, 3.05) is 13.7 Å². The average Bonchev–Trinajstić information content (AvgIpc) is 2.02. The van der Waals surface area contributed by atoms with E-state index in [1.807, 2.05) is 20.8 Å². The van der Waals surface area contributed by atoms with Crippen LogP contribution >= 0.6 is 0 Å². The number of carbonyl (C=O) groups excluding carboxylic acids is 1. The quantitative estimate of drug-likeness (QED) is 0.602. The molecule has 0 aliphatic carbocycles. The molecule has 0 aliphatic rings. The first kappa shape index (κ1) is 12.3. The molecule has 0 aromatic rings. The molecule has 0 saturated carbocycles. The third-order valence-electron chi connectivity index (χ3n) is 1.25. The topological polar surface area (TPSA) is 73.6 Å². The Morgan fingerprint density at radius 3 is 2.38 bits per heavy atom. The molecule has 0 radical (unpaired) electrons. The lowest BCUT2D eigenvalue weighted by Gasteiger charge is -2.20. The summed E-state index contributed by atoms with van der Waals surface area (Å²) in [4.78, 5) is 16.3. The van der Waals surface area contributed by atoms with Crippen molar-refractivity contribution in [2.45, 2.75) is 32.5 Å². The van der Waals surface area contributed by atoms with Gasteiger partial charge in [0.15, 0.2) is 0 Å². The summed E-state index contributed by atoms with van der Waals surface area (Å²) >= 11 is 0. The molecule has 78 valence electrons. The van der Waals surface area contributed by atoms with Crippen molar-refractivity contribution >= 4 is 5.91 Å². The normalized spacial score (nSPS) is 13.9. The summed E-state index contributed by atoms with van der Waals surface area (Å²) in [6.07, 6.45) is -0.651. The highest BCUT2D eigenvalue weighted by Gasteiger charge is 2.18. The lowest BCUT2D eigenvalue weighted by molar-refractivity contribution is -0.154. The van der Waals surface area contributed by atoms with Gasteiger partial charge in [-0.25, -0.2) is 5.48 Å². The highest BCUT2D eigenvalue weighted by Crippen LogP contribution is 2.03. The molecule has 0 rings (SSSR count). The van der Waals surface area contributed by atoms with Crippen LogP contribution in [0.4, 0.5) is 0 Å². The molecule has 0 aromatic heterocycles. The van der Waals surface area contributed by atoms with Crippen LogP contribution < -0.4 is 11.2 Å². The Labute approximate surface area is 78.5 Å². The van der Waals surface area contributed by atoms with Crippen LogP contribution in [-0.4, -0.2) is 31.3 Å². The lowest BCUT2D eigenvalue weighted by atomic mass is 10.2. The standard InChI is InChI=1S/C8H18N2O3/c1-8(2,3)13-10-7(11)6(5-9)12-4/h6H,5,9H2,1-4H3,(H,10,11). The van der Waals surface area contributed by atoms with Crippen LogP contribution in [0.25, 0.3) is 0 Å². The third-order valence-corrected chi connectivity index (χ3v) is 1.25. The van der Waals surface area contributed by atoms with Crippen LogP contribution in [0.3, 0.4) is 0 Å². The monoisotopic (exact) mass is 190 g/mol. The minimum absolute atomic E-state index is 0.135. The van der Waals surface area contributed by atoms with Crippen LogP contribution in [0.1, 0.15) is 20.8 Å². The maximum atomic E-state index is 11.2. The second-order valence-electron chi connectivity index (χ2n) is 3.64. The summed E-state index contributed by atoms with van der Waals surface area (Å²) in [6.45, 7) is 5.63. The van der Waals surface area contributed by atoms with Crippen molar-refractivity contribution in [3.05, 3.63) is 0 Å². The first-order valence-corrected chi connectivity index (χ1v) is 4.11. The number of hydrogen-bond donors (Lipinski definition) is 2. The second-order valence-corrected chi connectivity index (χ2v) is 3.64. The number of nitrogens with two attached hydrogens (primary N) is 1. The molecule has 1 atom stereocenters. The zero-order valence-electron chi connectivity index (χ0n) is 8.59. The fourth-order valence-electron chi connectivity index (χ4n) is 0.579. The smallest absolute Gasteiger partial charge is 0.273 e. The van der Waals surface area contributed by atoms with Crippen molar-refractivity contribution in [2.24, 2.45) is 5.73 Å². The predicted octanol–water partition coefficient (Wildman–Crippen LogP) is -0.194. The molecule has 1 unspecified atom stereocenters. The van der Waals surface area contributed by atoms with Crippen molar-refractivity contribution in [1.29, 1.82) is 0 Å². The van der Waals surface area contributed by atoms with Gasteiger partial charge in [-0.05, 0) is 20.8 Å². The zero-order chi connectivity index (χ0) is 10.5. The molecule has 5 nitrogen and oxygen atoms in total. The minimum Gasteiger partial charge on any atom is -0.370 e. The van der Waals surface area contributed by atoms with Gasteiger partial charge >= 0.3 is 0 Å². The van der Waals surface area contributed by atoms with Gasteiger partial charge in [0.1, 0.15) is 6.10 Å². The first-order valence-electron chi connectivity index (χ1n) is 4.11. The number of ether oxygens (including phenoxy) is 1. The van der Waals surface area contributed by atoms with Gasteiger partial charge in [-0.15, -0.1) is 0 Å². The van der Waals surface area contributed by atoms with Crippen LogP contribution in [0.15, 0.2) is 0 Å². The van der Waals surface area contributed by atoms with E-state index in [4.69, 9.17) is 15.3 Å². The molecular formula is C8H18N2O3. The predicted molar refractivity (Wildman–Crippen MR) is 48.8 cm³/mol. The Bertz CT molecular complexity index is 161. The molecule has 0 bridgehead atoms. The summed E-state index contributed by atoms with van der Waals surface area (Å²) in [5.74, 6) is -0.361. The Balaban J connectivity index is 3.86. The van der Waals surface area contributed by atoms with Crippen LogP contribution in [0.2, 0.25) is 0 Å². The number of rotatable bonds is 4. The number of nitrogens with one attached hydrogen (secondary N) is 1. The molecule has 0 fully saturated rings. The first-order chi connectivity index (χ1) is 5.90. The summed E-state index contributed by atoms with van der Waals surface area (Å²) in [7, 11) is 1.42. The number of hydrogen-bond acceptors (Lipinski definition) is 4. The number of methoxy groups -OCH3 is 1. The molecule has 1 amide bonds. The van der Waals surface area contributed by atoms with E-state index in [-0.39, 0.29) is 12.5 Å². The number of hydroxylamine groups is 1. The highest BCUT2D eigenvalue weighted by molar-refractivity contribution is 5.79. The largest absolute Gasteiger partial charge is 0.370 e. The maximum absolute atomic E-state index is 11.2. The van der Waals surface area contributed by atoms with Crippen LogP contribution in [0.5, 0.6) is 0 Å². The fraction of sp³-hybridized carbons (Fsp3) is 0.875. The van der Waals surface area contributed by atoms with E-state index >= 15 is 0 Å². The summed E-state index contributed by atoms with van der Waals surface area (Å²) < 4.78 is 4.81. The molecule has 0 aromatic carbocycles. The van der Waals surface area contributed by atoms with Crippen molar-refractivity contribution < 1.29 is 14.4 Å². The SMILES string of the molecule is COC(CN)C(=O)NOC(C)(C)C. The maximum Gasteiger partial charge on any atom is 0.273 e. The lowest BCUT2D eigenvalue weighted by Crippen LogP contribution is -2.43.